The van der Waals surface area contributed by atoms with E-state index in [0.717, 1.165) is 25.6 Å². The SMILES string of the molecule is ClC1CCCN(CC2CCOC2)CC1. The lowest BCUT2D eigenvalue weighted by Gasteiger charge is -2.22. The van der Waals surface area contributed by atoms with Gasteiger partial charge in [0.25, 0.3) is 0 Å². The molecule has 0 aliphatic carbocycles. The van der Waals surface area contributed by atoms with Crippen LogP contribution in [0.25, 0.3) is 0 Å². The van der Waals surface area contributed by atoms with Crippen LogP contribution < -0.4 is 0 Å². The Bertz CT molecular complexity index is 171. The fourth-order valence-corrected chi connectivity index (χ4v) is 2.64. The Balaban J connectivity index is 1.73. The van der Waals surface area contributed by atoms with Gasteiger partial charge in [-0.2, -0.15) is 0 Å². The van der Waals surface area contributed by atoms with Crippen LogP contribution in [0.2, 0.25) is 0 Å². The number of halogens is 1. The Morgan fingerprint density at radius 3 is 2.93 bits per heavy atom. The highest BCUT2D eigenvalue weighted by Crippen LogP contribution is 2.19. The molecule has 2 unspecified atom stereocenters. The Hall–Kier alpha value is 0.210. The average Bonchev–Trinajstić information content (AvgIpc) is 2.58. The van der Waals surface area contributed by atoms with Gasteiger partial charge < -0.3 is 9.64 Å². The summed E-state index contributed by atoms with van der Waals surface area (Å²) in [6.07, 6.45) is 4.87. The fourth-order valence-electron chi connectivity index (χ4n) is 2.39. The van der Waals surface area contributed by atoms with Crippen LogP contribution in [0.5, 0.6) is 0 Å². The predicted molar refractivity (Wildman–Crippen MR) is 58.9 cm³/mol. The van der Waals surface area contributed by atoms with Gasteiger partial charge in [0.05, 0.1) is 6.61 Å². The van der Waals surface area contributed by atoms with Crippen molar-refractivity contribution in [3.8, 4) is 0 Å². The Kier molecular flexibility index (Phi) is 4.09. The van der Waals surface area contributed by atoms with E-state index in [1.807, 2.05) is 0 Å². The van der Waals surface area contributed by atoms with Crippen LogP contribution in [-0.2, 0) is 4.74 Å². The van der Waals surface area contributed by atoms with E-state index in [9.17, 15) is 0 Å². The molecule has 0 aromatic rings. The number of likely N-dealkylation sites (tertiary alicyclic amines) is 1. The third kappa shape index (κ3) is 3.11. The summed E-state index contributed by atoms with van der Waals surface area (Å²) in [5.74, 6) is 0.780. The minimum absolute atomic E-state index is 0.417. The number of alkyl halides is 1. The molecule has 0 bridgehead atoms. The first-order valence-corrected chi connectivity index (χ1v) is 6.22. The summed E-state index contributed by atoms with van der Waals surface area (Å²) in [5.41, 5.74) is 0. The van der Waals surface area contributed by atoms with Gasteiger partial charge in [0, 0.05) is 18.5 Å². The lowest BCUT2D eigenvalue weighted by Crippen LogP contribution is -2.30. The van der Waals surface area contributed by atoms with E-state index in [2.05, 4.69) is 4.90 Å². The van der Waals surface area contributed by atoms with Gasteiger partial charge in [-0.05, 0) is 44.7 Å². The molecule has 2 atom stereocenters. The molecule has 2 rings (SSSR count). The molecule has 0 radical (unpaired) electrons. The van der Waals surface area contributed by atoms with Gasteiger partial charge in [0.2, 0.25) is 0 Å². The second kappa shape index (κ2) is 5.34. The van der Waals surface area contributed by atoms with Crippen molar-refractivity contribution < 1.29 is 4.74 Å². The molecule has 0 aromatic carbocycles. The van der Waals surface area contributed by atoms with Crippen LogP contribution in [-0.4, -0.2) is 43.1 Å². The molecule has 2 nitrogen and oxygen atoms in total. The Morgan fingerprint density at radius 1 is 1.21 bits per heavy atom. The highest BCUT2D eigenvalue weighted by atomic mass is 35.5. The van der Waals surface area contributed by atoms with E-state index in [4.69, 9.17) is 16.3 Å². The van der Waals surface area contributed by atoms with E-state index in [1.54, 1.807) is 0 Å². The van der Waals surface area contributed by atoms with Gasteiger partial charge in [0.1, 0.15) is 0 Å². The summed E-state index contributed by atoms with van der Waals surface area (Å²) in [7, 11) is 0. The number of rotatable bonds is 2. The molecule has 2 fully saturated rings. The molecule has 0 spiro atoms. The first kappa shape index (κ1) is 10.7. The van der Waals surface area contributed by atoms with Crippen molar-refractivity contribution in [2.24, 2.45) is 5.92 Å². The van der Waals surface area contributed by atoms with Gasteiger partial charge >= 0.3 is 0 Å². The van der Waals surface area contributed by atoms with Crippen molar-refractivity contribution in [2.45, 2.75) is 31.1 Å². The minimum Gasteiger partial charge on any atom is -0.381 e. The number of hydrogen-bond donors (Lipinski definition) is 0. The van der Waals surface area contributed by atoms with Crippen LogP contribution in [0.15, 0.2) is 0 Å². The van der Waals surface area contributed by atoms with E-state index in [0.29, 0.717) is 5.38 Å². The zero-order valence-corrected chi connectivity index (χ0v) is 9.51. The summed E-state index contributed by atoms with van der Waals surface area (Å²) in [5, 5.41) is 0.417. The summed E-state index contributed by atoms with van der Waals surface area (Å²) in [6.45, 7) is 5.59. The van der Waals surface area contributed by atoms with Crippen molar-refractivity contribution in [3.63, 3.8) is 0 Å². The molecule has 82 valence electrons. The molecule has 2 saturated heterocycles. The van der Waals surface area contributed by atoms with E-state index in [-0.39, 0.29) is 0 Å². The number of hydrogen-bond acceptors (Lipinski definition) is 2. The maximum absolute atomic E-state index is 6.15. The molecule has 0 saturated carbocycles. The third-order valence-electron chi connectivity index (χ3n) is 3.29. The normalized spacial score (nSPS) is 35.8. The van der Waals surface area contributed by atoms with Crippen molar-refractivity contribution in [2.75, 3.05) is 32.8 Å². The Morgan fingerprint density at radius 2 is 2.14 bits per heavy atom. The van der Waals surface area contributed by atoms with E-state index >= 15 is 0 Å². The van der Waals surface area contributed by atoms with Gasteiger partial charge in [-0.1, -0.05) is 0 Å². The lowest BCUT2D eigenvalue weighted by atomic mass is 10.1. The third-order valence-corrected chi connectivity index (χ3v) is 3.73. The van der Waals surface area contributed by atoms with Crippen LogP contribution in [0.3, 0.4) is 0 Å². The monoisotopic (exact) mass is 217 g/mol. The second-order valence-electron chi connectivity index (χ2n) is 4.56. The summed E-state index contributed by atoms with van der Waals surface area (Å²) >= 11 is 6.15. The maximum Gasteiger partial charge on any atom is 0.0507 e. The first-order chi connectivity index (χ1) is 6.84. The van der Waals surface area contributed by atoms with Crippen molar-refractivity contribution in [1.82, 2.24) is 4.90 Å². The molecule has 0 N–H and O–H groups in total. The topological polar surface area (TPSA) is 12.5 Å². The van der Waals surface area contributed by atoms with E-state index < -0.39 is 0 Å². The van der Waals surface area contributed by atoms with Crippen LogP contribution in [0.1, 0.15) is 25.7 Å². The fraction of sp³-hybridized carbons (Fsp3) is 1.00. The highest BCUT2D eigenvalue weighted by Gasteiger charge is 2.21. The molecule has 2 aliphatic heterocycles. The lowest BCUT2D eigenvalue weighted by molar-refractivity contribution is 0.168. The first-order valence-electron chi connectivity index (χ1n) is 5.79. The number of ether oxygens (including phenoxy) is 1. The van der Waals surface area contributed by atoms with Gasteiger partial charge in [-0.3, -0.25) is 0 Å². The number of nitrogens with zero attached hydrogens (tertiary/aromatic N) is 1. The molecule has 0 amide bonds. The zero-order chi connectivity index (χ0) is 9.80. The van der Waals surface area contributed by atoms with Crippen molar-refractivity contribution in [3.05, 3.63) is 0 Å². The minimum atomic E-state index is 0.417. The smallest absolute Gasteiger partial charge is 0.0507 e. The van der Waals surface area contributed by atoms with E-state index in [1.165, 1.54) is 38.9 Å². The quantitative estimate of drug-likeness (QED) is 0.657. The molecular weight excluding hydrogens is 198 g/mol. The summed E-state index contributed by atoms with van der Waals surface area (Å²) in [6, 6.07) is 0. The maximum atomic E-state index is 6.15. The molecule has 14 heavy (non-hydrogen) atoms. The standard InChI is InChI=1S/C11H20ClNO/c12-11-2-1-5-13(6-3-11)8-10-4-7-14-9-10/h10-11H,1-9H2. The van der Waals surface area contributed by atoms with Crippen molar-refractivity contribution in [1.29, 1.82) is 0 Å². The average molecular weight is 218 g/mol. The molecule has 2 aliphatic rings. The Labute approximate surface area is 91.6 Å². The zero-order valence-electron chi connectivity index (χ0n) is 8.75. The molecule has 3 heteroatoms. The van der Waals surface area contributed by atoms with Crippen LogP contribution in [0.4, 0.5) is 0 Å². The largest absolute Gasteiger partial charge is 0.381 e. The highest BCUT2D eigenvalue weighted by molar-refractivity contribution is 6.20. The van der Waals surface area contributed by atoms with Crippen molar-refractivity contribution >= 4 is 11.6 Å². The van der Waals surface area contributed by atoms with Crippen LogP contribution >= 0.6 is 11.6 Å². The molecule has 2 heterocycles. The molecular formula is C11H20ClNO. The second-order valence-corrected chi connectivity index (χ2v) is 5.18. The van der Waals surface area contributed by atoms with Gasteiger partial charge in [-0.25, -0.2) is 0 Å². The van der Waals surface area contributed by atoms with Crippen LogP contribution in [0, 0.1) is 5.92 Å². The summed E-state index contributed by atoms with van der Waals surface area (Å²) in [4.78, 5) is 2.57. The van der Waals surface area contributed by atoms with Gasteiger partial charge in [-0.15, -0.1) is 11.6 Å². The summed E-state index contributed by atoms with van der Waals surface area (Å²) < 4.78 is 5.40. The predicted octanol–water partition coefficient (Wildman–Crippen LogP) is 2.12. The van der Waals surface area contributed by atoms with Gasteiger partial charge in [0.15, 0.2) is 0 Å². The molecule has 0 aromatic heterocycles.